The Morgan fingerprint density at radius 3 is 2.55 bits per heavy atom. The monoisotopic (exact) mass is 275 g/mol. The van der Waals surface area contributed by atoms with Gasteiger partial charge in [0, 0.05) is 11.6 Å². The van der Waals surface area contributed by atoms with E-state index in [0.29, 0.717) is 30.1 Å². The highest BCUT2D eigenvalue weighted by molar-refractivity contribution is 5.60. The van der Waals surface area contributed by atoms with Gasteiger partial charge in [0.1, 0.15) is 5.75 Å². The Kier molecular flexibility index (Phi) is 4.39. The van der Waals surface area contributed by atoms with E-state index in [2.05, 4.69) is 29.3 Å². The number of hydrogen-bond acceptors (Lipinski definition) is 5. The zero-order chi connectivity index (χ0) is 14.7. The molecule has 1 atom stereocenters. The lowest BCUT2D eigenvalue weighted by molar-refractivity contribution is 0.358. The number of aryl methyl sites for hydroxylation is 2. The number of phenolic OH excluding ortho intramolecular Hbond substituents is 1. The average molecular weight is 275 g/mol. The number of phenols is 1. The molecule has 0 fully saturated rings. The van der Waals surface area contributed by atoms with Gasteiger partial charge in [-0.15, -0.1) is 0 Å². The van der Waals surface area contributed by atoms with Crippen molar-refractivity contribution in [3.63, 3.8) is 0 Å². The number of aromatic hydroxyl groups is 1. The molecule has 0 saturated heterocycles. The minimum atomic E-state index is 0.316. The van der Waals surface area contributed by atoms with Crippen LogP contribution in [0.4, 0.5) is 0 Å². The van der Waals surface area contributed by atoms with Crippen LogP contribution in [0.5, 0.6) is 5.75 Å². The molecule has 1 aromatic heterocycles. The first-order valence-electron chi connectivity index (χ1n) is 6.87. The summed E-state index contributed by atoms with van der Waals surface area (Å²) in [5, 5.41) is 17.1. The normalized spacial score (nSPS) is 12.6. The van der Waals surface area contributed by atoms with E-state index >= 15 is 0 Å². The van der Waals surface area contributed by atoms with Crippen LogP contribution in [-0.2, 0) is 6.54 Å². The predicted octanol–water partition coefficient (Wildman–Crippen LogP) is 2.95. The molecule has 0 spiro atoms. The summed E-state index contributed by atoms with van der Waals surface area (Å²) < 4.78 is 5.24. The predicted molar refractivity (Wildman–Crippen MR) is 77.5 cm³/mol. The zero-order valence-corrected chi connectivity index (χ0v) is 12.4. The smallest absolute Gasteiger partial charge is 0.240 e. The van der Waals surface area contributed by atoms with Crippen molar-refractivity contribution >= 4 is 0 Å². The number of rotatable bonds is 5. The molecule has 5 heteroatoms. The van der Waals surface area contributed by atoms with Crippen molar-refractivity contribution in [1.82, 2.24) is 15.5 Å². The first kappa shape index (κ1) is 14.5. The van der Waals surface area contributed by atoms with Crippen molar-refractivity contribution in [2.75, 3.05) is 0 Å². The lowest BCUT2D eigenvalue weighted by Gasteiger charge is -2.07. The summed E-state index contributed by atoms with van der Waals surface area (Å²) in [7, 11) is 0. The molecule has 0 bridgehead atoms. The van der Waals surface area contributed by atoms with Crippen LogP contribution in [0.1, 0.15) is 37.3 Å². The highest BCUT2D eigenvalue weighted by atomic mass is 16.5. The van der Waals surface area contributed by atoms with E-state index < -0.39 is 0 Å². The van der Waals surface area contributed by atoms with Gasteiger partial charge in [-0.25, -0.2) is 0 Å². The molecular weight excluding hydrogens is 254 g/mol. The molecule has 0 aliphatic heterocycles. The molecule has 0 amide bonds. The van der Waals surface area contributed by atoms with E-state index in [1.165, 1.54) is 0 Å². The van der Waals surface area contributed by atoms with E-state index in [9.17, 15) is 5.11 Å². The van der Waals surface area contributed by atoms with E-state index in [4.69, 9.17) is 4.52 Å². The number of hydrogen-bond donors (Lipinski definition) is 2. The summed E-state index contributed by atoms with van der Waals surface area (Å²) in [6.07, 6.45) is 1.05. The van der Waals surface area contributed by atoms with Crippen LogP contribution in [0.25, 0.3) is 11.4 Å². The third-order valence-electron chi connectivity index (χ3n) is 3.43. The fourth-order valence-electron chi connectivity index (χ4n) is 1.93. The molecule has 5 nitrogen and oxygen atoms in total. The summed E-state index contributed by atoms with van der Waals surface area (Å²) in [4.78, 5) is 4.38. The minimum absolute atomic E-state index is 0.316. The second-order valence-corrected chi connectivity index (χ2v) is 5.16. The van der Waals surface area contributed by atoms with Crippen LogP contribution in [-0.4, -0.2) is 21.3 Å². The van der Waals surface area contributed by atoms with E-state index in [-0.39, 0.29) is 0 Å². The molecular formula is C15H21N3O2. The molecule has 0 radical (unpaired) electrons. The molecule has 0 saturated carbocycles. The second kappa shape index (κ2) is 6.05. The molecule has 1 aromatic carbocycles. The van der Waals surface area contributed by atoms with Gasteiger partial charge in [0.25, 0.3) is 0 Å². The van der Waals surface area contributed by atoms with Crippen molar-refractivity contribution in [2.24, 2.45) is 0 Å². The largest absolute Gasteiger partial charge is 0.507 e. The second-order valence-electron chi connectivity index (χ2n) is 5.16. The number of nitrogens with one attached hydrogen (secondary N) is 1. The van der Waals surface area contributed by atoms with Gasteiger partial charge in [-0.1, -0.05) is 12.1 Å². The molecule has 108 valence electrons. The van der Waals surface area contributed by atoms with Crippen LogP contribution in [0.2, 0.25) is 0 Å². The van der Waals surface area contributed by atoms with Crippen molar-refractivity contribution in [2.45, 2.75) is 46.7 Å². The minimum Gasteiger partial charge on any atom is -0.507 e. The Balaban J connectivity index is 2.16. The van der Waals surface area contributed by atoms with Gasteiger partial charge in [0.15, 0.2) is 0 Å². The molecule has 2 N–H and O–H groups in total. The molecule has 20 heavy (non-hydrogen) atoms. The quantitative estimate of drug-likeness (QED) is 0.877. The Morgan fingerprint density at radius 1 is 1.30 bits per heavy atom. The van der Waals surface area contributed by atoms with Crippen LogP contribution in [0.3, 0.4) is 0 Å². The highest BCUT2D eigenvalue weighted by Crippen LogP contribution is 2.27. The molecule has 2 rings (SSSR count). The summed E-state index contributed by atoms with van der Waals surface area (Å²) in [5.74, 6) is 1.44. The van der Waals surface area contributed by atoms with Gasteiger partial charge in [-0.05, 0) is 50.5 Å². The third kappa shape index (κ3) is 3.17. The maximum absolute atomic E-state index is 9.78. The molecule has 0 aliphatic rings. The van der Waals surface area contributed by atoms with Gasteiger partial charge >= 0.3 is 0 Å². The van der Waals surface area contributed by atoms with Crippen LogP contribution in [0, 0.1) is 13.8 Å². The van der Waals surface area contributed by atoms with E-state index in [1.54, 1.807) is 0 Å². The molecule has 0 aliphatic carbocycles. The fourth-order valence-corrected chi connectivity index (χ4v) is 1.93. The maximum atomic E-state index is 9.78. The van der Waals surface area contributed by atoms with Crippen LogP contribution in [0.15, 0.2) is 16.7 Å². The van der Waals surface area contributed by atoms with Gasteiger partial charge in [-0.3, -0.25) is 0 Å². The summed E-state index contributed by atoms with van der Waals surface area (Å²) >= 11 is 0. The highest BCUT2D eigenvalue weighted by Gasteiger charge is 2.12. The van der Waals surface area contributed by atoms with Crippen molar-refractivity contribution in [1.29, 1.82) is 0 Å². The lowest BCUT2D eigenvalue weighted by Crippen LogP contribution is -2.24. The Morgan fingerprint density at radius 2 is 1.95 bits per heavy atom. The number of benzene rings is 1. The SMILES string of the molecule is CCC(C)NCc1nc(-c2cc(C)c(O)c(C)c2)no1. The number of nitrogens with zero attached hydrogens (tertiary/aromatic N) is 2. The number of aromatic nitrogens is 2. The lowest BCUT2D eigenvalue weighted by atomic mass is 10.1. The van der Waals surface area contributed by atoms with Crippen molar-refractivity contribution < 1.29 is 9.63 Å². The molecule has 2 aromatic rings. The first-order chi connectivity index (χ1) is 9.51. The summed E-state index contributed by atoms with van der Waals surface area (Å²) in [6.45, 7) is 8.52. The van der Waals surface area contributed by atoms with Gasteiger partial charge < -0.3 is 14.9 Å². The fraction of sp³-hybridized carbons (Fsp3) is 0.467. The van der Waals surface area contributed by atoms with E-state index in [1.807, 2.05) is 26.0 Å². The topological polar surface area (TPSA) is 71.2 Å². The van der Waals surface area contributed by atoms with Gasteiger partial charge in [0.2, 0.25) is 11.7 Å². The van der Waals surface area contributed by atoms with Crippen LogP contribution < -0.4 is 5.32 Å². The summed E-state index contributed by atoms with van der Waals surface area (Å²) in [5.41, 5.74) is 2.48. The Bertz CT molecular complexity index is 570. The van der Waals surface area contributed by atoms with Gasteiger partial charge in [0.05, 0.1) is 6.54 Å². The Hall–Kier alpha value is -1.88. The van der Waals surface area contributed by atoms with Crippen molar-refractivity contribution in [3.05, 3.63) is 29.2 Å². The maximum Gasteiger partial charge on any atom is 0.240 e. The van der Waals surface area contributed by atoms with E-state index in [0.717, 1.165) is 23.1 Å². The average Bonchev–Trinajstić information content (AvgIpc) is 2.90. The van der Waals surface area contributed by atoms with Gasteiger partial charge in [-0.2, -0.15) is 4.98 Å². The Labute approximate surface area is 119 Å². The summed E-state index contributed by atoms with van der Waals surface area (Å²) in [6, 6.07) is 4.14. The van der Waals surface area contributed by atoms with Crippen LogP contribution >= 0.6 is 0 Å². The van der Waals surface area contributed by atoms with Crippen molar-refractivity contribution in [3.8, 4) is 17.1 Å². The first-order valence-corrected chi connectivity index (χ1v) is 6.87. The third-order valence-corrected chi connectivity index (χ3v) is 3.43. The molecule has 1 heterocycles. The molecule has 1 unspecified atom stereocenters. The standard InChI is InChI=1S/C15H21N3O2/c1-5-11(4)16-8-13-17-15(18-20-13)12-6-9(2)14(19)10(3)7-12/h6-7,11,16,19H,5,8H2,1-4H3. The zero-order valence-electron chi connectivity index (χ0n) is 12.4.